The highest BCUT2D eigenvalue weighted by Crippen LogP contribution is 2.45. The molecule has 1 aliphatic rings. The van der Waals surface area contributed by atoms with Crippen LogP contribution in [0, 0.1) is 12.7 Å². The second-order valence-electron chi connectivity index (χ2n) is 5.98. The van der Waals surface area contributed by atoms with E-state index in [-0.39, 0.29) is 23.4 Å². The van der Waals surface area contributed by atoms with Gasteiger partial charge in [-0.15, -0.1) is 5.11 Å². The lowest BCUT2D eigenvalue weighted by Crippen LogP contribution is -2.22. The van der Waals surface area contributed by atoms with Crippen LogP contribution in [-0.4, -0.2) is 21.2 Å². The molecule has 1 aliphatic heterocycles. The Labute approximate surface area is 153 Å². The summed E-state index contributed by atoms with van der Waals surface area (Å²) >= 11 is 7.92. The molecule has 0 atom stereocenters. The molecular formula is C18H15ClFN3OS. The van der Waals surface area contributed by atoms with Crippen LogP contribution in [0.2, 0.25) is 5.02 Å². The highest BCUT2D eigenvalue weighted by Gasteiger charge is 2.27. The molecule has 7 heteroatoms. The van der Waals surface area contributed by atoms with Crippen LogP contribution >= 0.6 is 23.4 Å². The van der Waals surface area contributed by atoms with E-state index in [0.29, 0.717) is 16.1 Å². The Morgan fingerprint density at radius 2 is 2.04 bits per heavy atom. The van der Waals surface area contributed by atoms with E-state index in [0.717, 1.165) is 22.6 Å². The van der Waals surface area contributed by atoms with Crippen molar-refractivity contribution in [1.82, 2.24) is 4.57 Å². The van der Waals surface area contributed by atoms with Crippen LogP contribution in [0.25, 0.3) is 10.9 Å². The van der Waals surface area contributed by atoms with E-state index in [1.54, 1.807) is 24.3 Å². The molecule has 0 bridgehead atoms. The van der Waals surface area contributed by atoms with Crippen LogP contribution in [0.5, 0.6) is 5.88 Å². The van der Waals surface area contributed by atoms with Gasteiger partial charge in [-0.05, 0) is 42.8 Å². The van der Waals surface area contributed by atoms with Gasteiger partial charge in [0.05, 0.1) is 17.2 Å². The number of halogens is 2. The summed E-state index contributed by atoms with van der Waals surface area (Å²) in [4.78, 5) is 0. The molecule has 2 heterocycles. The van der Waals surface area contributed by atoms with Crippen molar-refractivity contribution in [2.24, 2.45) is 10.2 Å². The SMILES string of the molecule is Cc1c(Cl)cccc1N=Nc1c(O)n(C2CSC2)c2ccc(F)cc12. The monoisotopic (exact) mass is 375 g/mol. The summed E-state index contributed by atoms with van der Waals surface area (Å²) in [6.45, 7) is 1.85. The number of thioether (sulfide) groups is 1. The van der Waals surface area contributed by atoms with Gasteiger partial charge in [0.25, 0.3) is 0 Å². The van der Waals surface area contributed by atoms with Crippen LogP contribution in [0.15, 0.2) is 46.6 Å². The summed E-state index contributed by atoms with van der Waals surface area (Å²) in [5.74, 6) is 1.48. The lowest BCUT2D eigenvalue weighted by molar-refractivity contribution is 0.406. The fourth-order valence-electron chi connectivity index (χ4n) is 2.91. The maximum Gasteiger partial charge on any atom is 0.221 e. The third-order valence-corrected chi connectivity index (χ3v) is 6.05. The van der Waals surface area contributed by atoms with E-state index in [9.17, 15) is 9.50 Å². The first-order chi connectivity index (χ1) is 12.1. The average molecular weight is 376 g/mol. The Morgan fingerprint density at radius 3 is 2.76 bits per heavy atom. The van der Waals surface area contributed by atoms with Gasteiger partial charge < -0.3 is 9.67 Å². The minimum atomic E-state index is -0.372. The van der Waals surface area contributed by atoms with Gasteiger partial charge in [-0.25, -0.2) is 4.39 Å². The van der Waals surface area contributed by atoms with Gasteiger partial charge in [-0.1, -0.05) is 17.7 Å². The standard InChI is InChI=1S/C18H15ClFN3OS/c1-10-14(19)3-2-4-15(10)21-22-17-13-7-11(20)5-6-16(13)23(18(17)24)12-8-25-9-12/h2-7,12,24H,8-9H2,1H3. The van der Waals surface area contributed by atoms with Gasteiger partial charge in [0, 0.05) is 21.9 Å². The summed E-state index contributed by atoms with van der Waals surface area (Å²) in [5.41, 5.74) is 2.47. The highest BCUT2D eigenvalue weighted by molar-refractivity contribution is 8.00. The first-order valence-corrected chi connectivity index (χ1v) is 9.36. The molecule has 1 fully saturated rings. The zero-order valence-corrected chi connectivity index (χ0v) is 15.0. The van der Waals surface area contributed by atoms with Crippen molar-refractivity contribution < 1.29 is 9.50 Å². The number of azo groups is 1. The molecular weight excluding hydrogens is 361 g/mol. The largest absolute Gasteiger partial charge is 0.493 e. The van der Waals surface area contributed by atoms with E-state index in [1.807, 2.05) is 23.3 Å². The minimum absolute atomic E-state index is 0.0225. The first kappa shape index (κ1) is 16.4. The number of hydrogen-bond acceptors (Lipinski definition) is 4. The average Bonchev–Trinajstić information content (AvgIpc) is 2.80. The Hall–Kier alpha value is -2.05. The molecule has 128 valence electrons. The van der Waals surface area contributed by atoms with Crippen LogP contribution in [0.1, 0.15) is 11.6 Å². The molecule has 4 nitrogen and oxygen atoms in total. The smallest absolute Gasteiger partial charge is 0.221 e. The quantitative estimate of drug-likeness (QED) is 0.558. The van der Waals surface area contributed by atoms with Crippen molar-refractivity contribution in [3.63, 3.8) is 0 Å². The second-order valence-corrected chi connectivity index (χ2v) is 7.46. The van der Waals surface area contributed by atoms with E-state index in [2.05, 4.69) is 10.2 Å². The fraction of sp³-hybridized carbons (Fsp3) is 0.222. The summed E-state index contributed by atoms with van der Waals surface area (Å²) in [6.07, 6.45) is 0. The Morgan fingerprint density at radius 1 is 1.24 bits per heavy atom. The maximum atomic E-state index is 13.8. The molecule has 25 heavy (non-hydrogen) atoms. The number of aromatic nitrogens is 1. The van der Waals surface area contributed by atoms with Crippen molar-refractivity contribution in [1.29, 1.82) is 0 Å². The van der Waals surface area contributed by atoms with Crippen LogP contribution < -0.4 is 0 Å². The number of rotatable bonds is 3. The molecule has 0 amide bonds. The topological polar surface area (TPSA) is 49.9 Å². The molecule has 1 N–H and O–H groups in total. The molecule has 0 saturated carbocycles. The predicted molar refractivity (Wildman–Crippen MR) is 100 cm³/mol. The van der Waals surface area contributed by atoms with Crippen LogP contribution in [-0.2, 0) is 0 Å². The highest BCUT2D eigenvalue weighted by atomic mass is 35.5. The second kappa shape index (κ2) is 6.35. The molecule has 1 saturated heterocycles. The third-order valence-electron chi connectivity index (χ3n) is 4.40. The number of hydrogen-bond donors (Lipinski definition) is 1. The zero-order chi connectivity index (χ0) is 17.6. The van der Waals surface area contributed by atoms with Crippen molar-refractivity contribution in [3.8, 4) is 5.88 Å². The lowest BCUT2D eigenvalue weighted by Gasteiger charge is -2.27. The number of benzene rings is 2. The van der Waals surface area contributed by atoms with Gasteiger partial charge in [-0.3, -0.25) is 0 Å². The Bertz CT molecular complexity index is 998. The molecule has 3 aromatic rings. The molecule has 0 unspecified atom stereocenters. The Kier molecular flexibility index (Phi) is 4.17. The van der Waals surface area contributed by atoms with Crippen molar-refractivity contribution in [2.75, 3.05) is 11.5 Å². The third kappa shape index (κ3) is 2.79. The normalized spacial score (nSPS) is 15.2. The van der Waals surface area contributed by atoms with E-state index in [4.69, 9.17) is 11.6 Å². The van der Waals surface area contributed by atoms with Crippen molar-refractivity contribution in [3.05, 3.63) is 52.8 Å². The lowest BCUT2D eigenvalue weighted by atomic mass is 10.2. The summed E-state index contributed by atoms with van der Waals surface area (Å²) in [6, 6.07) is 10.0. The number of nitrogens with zero attached hydrogens (tertiary/aromatic N) is 3. The number of fused-ring (bicyclic) bond motifs is 1. The predicted octanol–water partition coefficient (Wildman–Crippen LogP) is 6.15. The van der Waals surface area contributed by atoms with Gasteiger partial charge in [0.15, 0.2) is 5.69 Å². The molecule has 0 aliphatic carbocycles. The van der Waals surface area contributed by atoms with E-state index >= 15 is 0 Å². The van der Waals surface area contributed by atoms with Gasteiger partial charge in [-0.2, -0.15) is 16.9 Å². The molecule has 2 aromatic carbocycles. The first-order valence-electron chi connectivity index (χ1n) is 7.83. The minimum Gasteiger partial charge on any atom is -0.493 e. The Balaban J connectivity index is 1.86. The fourth-order valence-corrected chi connectivity index (χ4v) is 3.82. The van der Waals surface area contributed by atoms with Gasteiger partial charge in [0.1, 0.15) is 5.82 Å². The van der Waals surface area contributed by atoms with Gasteiger partial charge >= 0.3 is 0 Å². The summed E-state index contributed by atoms with van der Waals surface area (Å²) < 4.78 is 15.6. The van der Waals surface area contributed by atoms with E-state index in [1.165, 1.54) is 12.1 Å². The number of aromatic hydroxyl groups is 1. The summed E-state index contributed by atoms with van der Waals surface area (Å²) in [7, 11) is 0. The molecule has 4 rings (SSSR count). The van der Waals surface area contributed by atoms with Gasteiger partial charge in [0.2, 0.25) is 5.88 Å². The van der Waals surface area contributed by atoms with Crippen LogP contribution in [0.3, 0.4) is 0 Å². The summed E-state index contributed by atoms with van der Waals surface area (Å²) in [5, 5.41) is 20.3. The van der Waals surface area contributed by atoms with Crippen LogP contribution in [0.4, 0.5) is 15.8 Å². The molecule has 0 spiro atoms. The van der Waals surface area contributed by atoms with Crippen molar-refractivity contribution >= 4 is 45.6 Å². The molecule has 0 radical (unpaired) electrons. The van der Waals surface area contributed by atoms with Crippen molar-refractivity contribution in [2.45, 2.75) is 13.0 Å². The molecule has 1 aromatic heterocycles. The van der Waals surface area contributed by atoms with E-state index < -0.39 is 0 Å². The zero-order valence-electron chi connectivity index (χ0n) is 13.4. The maximum absolute atomic E-state index is 13.8.